The first-order chi connectivity index (χ1) is 33.4. The summed E-state index contributed by atoms with van der Waals surface area (Å²) in [6, 6.07) is 23.6. The third-order valence-corrected chi connectivity index (χ3v) is 13.8. The Morgan fingerprint density at radius 3 is 1.63 bits per heavy atom. The molecule has 6 aromatic rings. The number of imidazole rings is 2. The van der Waals surface area contributed by atoms with E-state index in [1.165, 1.54) is 26.3 Å². The minimum atomic E-state index is -4.43. The first kappa shape index (κ1) is 49.4. The number of halogens is 3. The van der Waals surface area contributed by atoms with Gasteiger partial charge in [0, 0.05) is 54.2 Å². The van der Waals surface area contributed by atoms with Gasteiger partial charge >= 0.3 is 17.7 Å². The van der Waals surface area contributed by atoms with Gasteiger partial charge in [0.15, 0.2) is 0 Å². The largest absolute Gasteiger partial charge is 0.465 e. The molecule has 4 atom stereocenters. The van der Waals surface area contributed by atoms with E-state index in [0.717, 1.165) is 51.4 Å². The molecule has 0 aliphatic carbocycles. The van der Waals surface area contributed by atoms with Crippen molar-refractivity contribution in [3.8, 4) is 50.7 Å². The van der Waals surface area contributed by atoms with Gasteiger partial charge in [0.2, 0.25) is 11.8 Å². The Bertz CT molecular complexity index is 2820. The molecule has 15 nitrogen and oxygen atoms in total. The fourth-order valence-corrected chi connectivity index (χ4v) is 10.1. The number of hydrogen-bond acceptors (Lipinski definition) is 8. The number of rotatable bonds is 14. The number of nitrogens with zero attached hydrogens (tertiary/aromatic N) is 6. The number of aromatic amines is 2. The number of likely N-dealkylation sites (tertiary alicyclic amines) is 2. The number of hydrogen-bond donors (Lipinski definition) is 4. The lowest BCUT2D eigenvalue weighted by atomic mass is 10.0. The molecule has 3 aromatic carbocycles. The number of alkyl carbamates (subject to hydrolysis) is 1. The van der Waals surface area contributed by atoms with E-state index in [1.807, 2.05) is 99.1 Å². The molecule has 70 heavy (non-hydrogen) atoms. The van der Waals surface area contributed by atoms with Gasteiger partial charge in [0.05, 0.1) is 42.0 Å². The van der Waals surface area contributed by atoms with E-state index in [0.29, 0.717) is 54.7 Å². The smallest absolute Gasteiger partial charge is 0.446 e. The quantitative estimate of drug-likeness (QED) is 0.0772. The molecule has 19 heteroatoms. The number of H-pyrrole nitrogens is 2. The first-order valence-corrected chi connectivity index (χ1v) is 24.0. The summed E-state index contributed by atoms with van der Waals surface area (Å²) < 4.78 is 46.8. The highest BCUT2D eigenvalue weighted by atomic mass is 32.2. The van der Waals surface area contributed by atoms with Gasteiger partial charge in [0.1, 0.15) is 23.7 Å². The standard InChI is InChI=1S/C51H56F3N9O6S/c1-29(2)43(59-49(66)69-6)47(64)61-25-7-9-41(61)45-55-27-37(57-45)31-11-15-33(16-12-31)39-23-24-40(63(39)35-19-21-36(22-20-35)70-51(52,53)54)34-17-13-32(14-18-34)38-28-56-46(58-38)42-10-8-26-62(42)48(65)44(30(3)4)60(5)50(67)68/h11-24,27-30,41-44H,7-10,25-26H2,1-6H3,(H,55,57)(H,56,58)(H,59,66)(H,67,68)/t41-,42-,43-,44-/m0/s1. The van der Waals surface area contributed by atoms with Gasteiger partial charge in [-0.2, -0.15) is 13.2 Å². The summed E-state index contributed by atoms with van der Waals surface area (Å²) in [5.41, 5.74) is 2.51. The second-order valence-electron chi connectivity index (χ2n) is 18.3. The molecule has 368 valence electrons. The Labute approximate surface area is 407 Å². The number of alkyl halides is 3. The zero-order chi connectivity index (χ0) is 50.0. The van der Waals surface area contributed by atoms with E-state index in [4.69, 9.17) is 14.7 Å². The van der Waals surface area contributed by atoms with E-state index in [-0.39, 0.29) is 52.4 Å². The number of thioether (sulfide) groups is 1. The van der Waals surface area contributed by atoms with E-state index < -0.39 is 29.8 Å². The fourth-order valence-electron chi connectivity index (χ4n) is 9.59. The molecule has 2 fully saturated rings. The highest BCUT2D eigenvalue weighted by molar-refractivity contribution is 8.00. The van der Waals surface area contributed by atoms with Crippen LogP contribution in [0.5, 0.6) is 0 Å². The molecule has 0 bridgehead atoms. The summed E-state index contributed by atoms with van der Waals surface area (Å²) >= 11 is -0.170. The van der Waals surface area contributed by atoms with Gasteiger partial charge in [-0.25, -0.2) is 19.6 Å². The highest BCUT2D eigenvalue weighted by Crippen LogP contribution is 2.40. The van der Waals surface area contributed by atoms with Gasteiger partial charge in [0.25, 0.3) is 0 Å². The molecule has 0 saturated carbocycles. The van der Waals surface area contributed by atoms with Crippen molar-refractivity contribution >= 4 is 35.8 Å². The van der Waals surface area contributed by atoms with Crippen LogP contribution in [0.1, 0.15) is 77.1 Å². The van der Waals surface area contributed by atoms with Crippen molar-refractivity contribution < 1.29 is 42.2 Å². The number of carbonyl (C=O) groups excluding carboxylic acids is 3. The van der Waals surface area contributed by atoms with Crippen molar-refractivity contribution in [3.05, 3.63) is 109 Å². The number of carboxylic acid groups (broad SMARTS) is 1. The van der Waals surface area contributed by atoms with E-state index in [9.17, 15) is 37.5 Å². The van der Waals surface area contributed by atoms with E-state index in [2.05, 4.69) is 15.3 Å². The average molecular weight is 980 g/mol. The Kier molecular flexibility index (Phi) is 14.5. The van der Waals surface area contributed by atoms with E-state index in [1.54, 1.807) is 28.1 Å². The van der Waals surface area contributed by atoms with Crippen molar-refractivity contribution in [2.45, 2.75) is 87.9 Å². The summed E-state index contributed by atoms with van der Waals surface area (Å²) in [4.78, 5) is 72.4. The maximum atomic E-state index is 13.8. The molecule has 2 aliphatic heterocycles. The fraction of sp³-hybridized carbons (Fsp3) is 0.373. The summed E-state index contributed by atoms with van der Waals surface area (Å²) in [5.74, 6) is 0.421. The minimum Gasteiger partial charge on any atom is -0.465 e. The molecule has 2 aliphatic rings. The van der Waals surface area contributed by atoms with Gasteiger partial charge < -0.3 is 39.5 Å². The van der Waals surface area contributed by atoms with Crippen LogP contribution in [0.3, 0.4) is 0 Å². The molecule has 3 aromatic heterocycles. The number of benzene rings is 3. The Morgan fingerprint density at radius 1 is 0.729 bits per heavy atom. The van der Waals surface area contributed by atoms with Crippen LogP contribution in [-0.2, 0) is 14.3 Å². The lowest BCUT2D eigenvalue weighted by molar-refractivity contribution is -0.138. The molecule has 5 heterocycles. The van der Waals surface area contributed by atoms with Crippen LogP contribution >= 0.6 is 11.8 Å². The number of aromatic nitrogens is 5. The summed E-state index contributed by atoms with van der Waals surface area (Å²) in [6.07, 6.45) is 4.70. The second-order valence-corrected chi connectivity index (χ2v) is 19.4. The van der Waals surface area contributed by atoms with Crippen LogP contribution in [0.15, 0.2) is 102 Å². The third kappa shape index (κ3) is 10.4. The molecular formula is C51H56F3N9O6S. The predicted molar refractivity (Wildman–Crippen MR) is 260 cm³/mol. The predicted octanol–water partition coefficient (Wildman–Crippen LogP) is 10.5. The number of methoxy groups -OCH3 is 1. The van der Waals surface area contributed by atoms with E-state index >= 15 is 0 Å². The number of nitrogens with one attached hydrogen (secondary N) is 3. The van der Waals surface area contributed by atoms with Crippen LogP contribution < -0.4 is 5.32 Å². The van der Waals surface area contributed by atoms with Crippen LogP contribution in [0.25, 0.3) is 50.7 Å². The number of ether oxygens (including phenoxy) is 1. The zero-order valence-corrected chi connectivity index (χ0v) is 40.5. The normalized spacial score (nSPS) is 17.0. The number of amides is 4. The van der Waals surface area contributed by atoms with Crippen molar-refractivity contribution in [2.75, 3.05) is 27.2 Å². The average Bonchev–Trinajstić information content (AvgIpc) is 4.20. The Morgan fingerprint density at radius 2 is 1.20 bits per heavy atom. The van der Waals surface area contributed by atoms with Crippen molar-refractivity contribution in [1.82, 2.24) is 44.5 Å². The highest BCUT2D eigenvalue weighted by Gasteiger charge is 2.40. The monoisotopic (exact) mass is 979 g/mol. The maximum Gasteiger partial charge on any atom is 0.446 e. The Balaban J connectivity index is 1.05. The van der Waals surface area contributed by atoms with Crippen molar-refractivity contribution in [3.63, 3.8) is 0 Å². The molecule has 0 radical (unpaired) electrons. The van der Waals surface area contributed by atoms with Crippen LogP contribution in [0.4, 0.5) is 22.8 Å². The SMILES string of the molecule is COC(=O)N[C@H](C(=O)N1CCC[C@H]1c1nc(-c2ccc(-c3ccc(-c4ccc(-c5c[nH]c([C@@H]6CCCN6C(=O)[C@H](C(C)C)N(C)C(=O)O)n5)cc4)n3-c3ccc(SC(F)(F)F)cc3)cc2)c[nH]1)C(C)C. The zero-order valence-electron chi connectivity index (χ0n) is 39.7. The molecule has 8 rings (SSSR count). The molecule has 0 spiro atoms. The summed E-state index contributed by atoms with van der Waals surface area (Å²) in [7, 11) is 2.68. The molecule has 2 saturated heterocycles. The van der Waals surface area contributed by atoms with Crippen LogP contribution in [0, 0.1) is 11.8 Å². The van der Waals surface area contributed by atoms with Gasteiger partial charge in [-0.05, 0) is 96.8 Å². The molecule has 0 unspecified atom stereocenters. The molecule has 4 N–H and O–H groups in total. The van der Waals surface area contributed by atoms with Gasteiger partial charge in [-0.15, -0.1) is 0 Å². The second kappa shape index (κ2) is 20.5. The number of likely N-dealkylation sites (N-methyl/N-ethyl adjacent to an activating group) is 1. The summed E-state index contributed by atoms with van der Waals surface area (Å²) in [6.45, 7) is 8.43. The van der Waals surface area contributed by atoms with Crippen LogP contribution in [-0.4, -0.2) is 113 Å². The lowest BCUT2D eigenvalue weighted by Gasteiger charge is -2.33. The first-order valence-electron chi connectivity index (χ1n) is 23.2. The van der Waals surface area contributed by atoms with Crippen LogP contribution in [0.2, 0.25) is 0 Å². The molecular weight excluding hydrogens is 924 g/mol. The topological polar surface area (TPSA) is 182 Å². The minimum absolute atomic E-state index is 0.0667. The lowest BCUT2D eigenvalue weighted by Crippen LogP contribution is -2.51. The third-order valence-electron chi connectivity index (χ3n) is 13.1. The molecule has 4 amide bonds. The van der Waals surface area contributed by atoms with Crippen molar-refractivity contribution in [1.29, 1.82) is 0 Å². The number of carbonyl (C=O) groups is 4. The van der Waals surface area contributed by atoms with Gasteiger partial charge in [-0.3, -0.25) is 14.5 Å². The maximum absolute atomic E-state index is 13.8. The van der Waals surface area contributed by atoms with Crippen molar-refractivity contribution in [2.24, 2.45) is 11.8 Å². The Hall–Kier alpha value is -7.02. The summed E-state index contributed by atoms with van der Waals surface area (Å²) in [5, 5.41) is 12.4. The van der Waals surface area contributed by atoms with Gasteiger partial charge in [-0.1, -0.05) is 76.2 Å².